The highest BCUT2D eigenvalue weighted by molar-refractivity contribution is 6.83. The molecule has 1 N–H and O–H groups in total. The Balaban J connectivity index is 4.31. The van der Waals surface area contributed by atoms with Crippen molar-refractivity contribution in [3.63, 3.8) is 0 Å². The first-order valence-electron chi connectivity index (χ1n) is 5.30. The third kappa shape index (κ3) is 8.30. The van der Waals surface area contributed by atoms with Crippen LogP contribution in [0.4, 0.5) is 0 Å². The van der Waals surface area contributed by atoms with Crippen LogP contribution in [0.3, 0.4) is 0 Å². The van der Waals surface area contributed by atoms with Gasteiger partial charge in [-0.25, -0.2) is 0 Å². The van der Waals surface area contributed by atoms with Crippen LogP contribution < -0.4 is 0 Å². The lowest BCUT2D eigenvalue weighted by Crippen LogP contribution is -2.21. The maximum absolute atomic E-state index is 9.75. The summed E-state index contributed by atoms with van der Waals surface area (Å²) in [7, 11) is -1.38. The van der Waals surface area contributed by atoms with Crippen molar-refractivity contribution in [2.24, 2.45) is 5.41 Å². The monoisotopic (exact) mass is 222 g/mol. The van der Waals surface area contributed by atoms with E-state index < -0.39 is 14.2 Å². The van der Waals surface area contributed by atoms with E-state index in [0.717, 1.165) is 0 Å². The Morgan fingerprint density at radius 3 is 2.27 bits per heavy atom. The van der Waals surface area contributed by atoms with Crippen molar-refractivity contribution >= 4 is 8.07 Å². The van der Waals surface area contributed by atoms with Crippen molar-refractivity contribution < 1.29 is 5.11 Å². The van der Waals surface area contributed by atoms with Gasteiger partial charge in [0.15, 0.2) is 0 Å². The first-order chi connectivity index (χ1) is 6.66. The highest BCUT2D eigenvalue weighted by Crippen LogP contribution is 2.25. The first kappa shape index (κ1) is 14.3. The summed E-state index contributed by atoms with van der Waals surface area (Å²) in [5.41, 5.74) is 3.15. The van der Waals surface area contributed by atoms with Crippen molar-refractivity contribution in [3.8, 4) is 23.8 Å². The van der Waals surface area contributed by atoms with Crippen LogP contribution in [-0.4, -0.2) is 19.3 Å². The summed E-state index contributed by atoms with van der Waals surface area (Å²) in [5.74, 6) is 5.57. The molecule has 0 aliphatic carbocycles. The Morgan fingerprint density at radius 1 is 1.33 bits per heavy atom. The maximum Gasteiger partial charge on any atom is 0.129 e. The smallest absolute Gasteiger partial charge is 0.129 e. The number of aliphatic hydroxyl groups is 1. The lowest BCUT2D eigenvalue weighted by Gasteiger charge is -2.22. The van der Waals surface area contributed by atoms with Crippen LogP contribution in [-0.2, 0) is 0 Å². The molecule has 0 aromatic heterocycles. The van der Waals surface area contributed by atoms with E-state index in [1.165, 1.54) is 0 Å². The maximum atomic E-state index is 9.75. The summed E-state index contributed by atoms with van der Waals surface area (Å²) in [6, 6.07) is 0. The van der Waals surface area contributed by atoms with Crippen LogP contribution in [0, 0.1) is 29.2 Å². The molecule has 0 fully saturated rings. The molecule has 84 valence electrons. The molecule has 1 unspecified atom stereocenters. The zero-order chi connectivity index (χ0) is 12.1. The molecule has 2 heteroatoms. The third-order valence-electron chi connectivity index (χ3n) is 1.94. The molecule has 0 saturated carbocycles. The van der Waals surface area contributed by atoms with Gasteiger partial charge < -0.3 is 5.11 Å². The fourth-order valence-corrected chi connectivity index (χ4v) is 1.82. The van der Waals surface area contributed by atoms with E-state index in [1.807, 2.05) is 0 Å². The van der Waals surface area contributed by atoms with Gasteiger partial charge in [0.1, 0.15) is 14.2 Å². The summed E-state index contributed by atoms with van der Waals surface area (Å²) in [6.45, 7) is 10.6. The van der Waals surface area contributed by atoms with E-state index in [4.69, 9.17) is 6.42 Å². The SMILES string of the molecule is C#CCC(C)(C)CC(O)C#C[Si](C)(C)C. The summed E-state index contributed by atoms with van der Waals surface area (Å²) < 4.78 is 0. The number of hydrogen-bond donors (Lipinski definition) is 1. The normalized spacial score (nSPS) is 13.7. The Hall–Kier alpha value is -0.703. The molecule has 0 aromatic rings. The summed E-state index contributed by atoms with van der Waals surface area (Å²) in [4.78, 5) is 0. The molecule has 0 amide bonds. The van der Waals surface area contributed by atoms with Gasteiger partial charge in [-0.2, -0.15) is 0 Å². The van der Waals surface area contributed by atoms with E-state index in [2.05, 4.69) is 50.9 Å². The third-order valence-corrected chi connectivity index (χ3v) is 2.83. The second kappa shape index (κ2) is 5.40. The van der Waals surface area contributed by atoms with E-state index in [1.54, 1.807) is 0 Å². The van der Waals surface area contributed by atoms with E-state index >= 15 is 0 Å². The number of rotatable bonds is 3. The minimum atomic E-state index is -1.38. The Kier molecular flexibility index (Phi) is 5.15. The second-order valence-corrected chi connectivity index (χ2v) is 10.5. The zero-order valence-corrected chi connectivity index (χ0v) is 11.5. The summed E-state index contributed by atoms with van der Waals surface area (Å²) in [6.07, 6.45) is 6.06. The van der Waals surface area contributed by atoms with Gasteiger partial charge >= 0.3 is 0 Å². The van der Waals surface area contributed by atoms with Gasteiger partial charge in [0.25, 0.3) is 0 Å². The molecule has 0 spiro atoms. The highest BCUT2D eigenvalue weighted by Gasteiger charge is 2.20. The molecule has 0 bridgehead atoms. The van der Waals surface area contributed by atoms with Gasteiger partial charge in [0, 0.05) is 6.42 Å². The Bertz CT molecular complexity index is 293. The van der Waals surface area contributed by atoms with Gasteiger partial charge in [-0.05, 0) is 11.8 Å². The van der Waals surface area contributed by atoms with E-state index in [0.29, 0.717) is 12.8 Å². The average Bonchev–Trinajstić information content (AvgIpc) is 1.98. The topological polar surface area (TPSA) is 20.2 Å². The highest BCUT2D eigenvalue weighted by atomic mass is 28.3. The van der Waals surface area contributed by atoms with Crippen molar-refractivity contribution in [2.45, 2.75) is 52.4 Å². The average molecular weight is 222 g/mol. The van der Waals surface area contributed by atoms with Crippen LogP contribution in [0.25, 0.3) is 0 Å². The van der Waals surface area contributed by atoms with Gasteiger partial charge in [-0.1, -0.05) is 39.4 Å². The molecule has 0 heterocycles. The molecular formula is C13H22OSi. The lowest BCUT2D eigenvalue weighted by atomic mass is 9.84. The number of aliphatic hydroxyl groups excluding tert-OH is 1. The standard InChI is InChI=1S/C13H22OSi/c1-7-9-13(2,3)11-12(14)8-10-15(4,5)6/h1,12,14H,9,11H2,2-6H3. The Labute approximate surface area is 95.3 Å². The van der Waals surface area contributed by atoms with E-state index in [9.17, 15) is 5.11 Å². The van der Waals surface area contributed by atoms with Crippen molar-refractivity contribution in [3.05, 3.63) is 0 Å². The summed E-state index contributed by atoms with van der Waals surface area (Å²) in [5, 5.41) is 9.75. The number of terminal acetylenes is 1. The molecule has 0 radical (unpaired) electrons. The molecule has 0 aliphatic rings. The molecule has 0 aliphatic heterocycles. The summed E-state index contributed by atoms with van der Waals surface area (Å²) >= 11 is 0. The quantitative estimate of drug-likeness (QED) is 0.575. The minimum absolute atomic E-state index is 0.0255. The van der Waals surface area contributed by atoms with Crippen LogP contribution in [0.5, 0.6) is 0 Å². The predicted molar refractivity (Wildman–Crippen MR) is 69.0 cm³/mol. The van der Waals surface area contributed by atoms with Crippen LogP contribution in [0.2, 0.25) is 19.6 Å². The molecule has 15 heavy (non-hydrogen) atoms. The van der Waals surface area contributed by atoms with Crippen molar-refractivity contribution in [1.82, 2.24) is 0 Å². The lowest BCUT2D eigenvalue weighted by molar-refractivity contribution is 0.162. The molecule has 1 nitrogen and oxygen atoms in total. The van der Waals surface area contributed by atoms with Crippen LogP contribution >= 0.6 is 0 Å². The minimum Gasteiger partial charge on any atom is -0.380 e. The Morgan fingerprint density at radius 2 is 1.87 bits per heavy atom. The fourth-order valence-electron chi connectivity index (χ4n) is 1.22. The molecule has 0 aromatic carbocycles. The van der Waals surface area contributed by atoms with Gasteiger partial charge in [0.2, 0.25) is 0 Å². The largest absolute Gasteiger partial charge is 0.380 e. The van der Waals surface area contributed by atoms with Crippen molar-refractivity contribution in [2.75, 3.05) is 0 Å². The molecule has 1 atom stereocenters. The predicted octanol–water partition coefficient (Wildman–Crippen LogP) is 2.67. The van der Waals surface area contributed by atoms with Crippen LogP contribution in [0.1, 0.15) is 26.7 Å². The second-order valence-electron chi connectivity index (χ2n) is 5.78. The van der Waals surface area contributed by atoms with Gasteiger partial charge in [0.05, 0.1) is 0 Å². The van der Waals surface area contributed by atoms with E-state index in [-0.39, 0.29) is 5.41 Å². The molecule has 0 saturated heterocycles. The van der Waals surface area contributed by atoms with Crippen LogP contribution in [0.15, 0.2) is 0 Å². The van der Waals surface area contributed by atoms with Crippen molar-refractivity contribution in [1.29, 1.82) is 0 Å². The fraction of sp³-hybridized carbons (Fsp3) is 0.692. The molecule has 0 rings (SSSR count). The molecular weight excluding hydrogens is 200 g/mol. The van der Waals surface area contributed by atoms with Gasteiger partial charge in [-0.15, -0.1) is 17.9 Å². The van der Waals surface area contributed by atoms with Gasteiger partial charge in [-0.3, -0.25) is 0 Å². The number of hydrogen-bond acceptors (Lipinski definition) is 1. The zero-order valence-electron chi connectivity index (χ0n) is 10.5. The first-order valence-corrected chi connectivity index (χ1v) is 8.80.